The molecule has 1 aromatic carbocycles. The first-order chi connectivity index (χ1) is 8.95. The number of nitrogens with zero attached hydrogens (tertiary/aromatic N) is 1. The Bertz CT molecular complexity index is 673. The molecule has 0 spiro atoms. The van der Waals surface area contributed by atoms with E-state index in [1.165, 1.54) is 19.2 Å². The zero-order valence-electron chi connectivity index (χ0n) is 10.3. The Kier molecular flexibility index (Phi) is 3.82. The van der Waals surface area contributed by atoms with Crippen molar-refractivity contribution in [1.82, 2.24) is 4.98 Å². The number of methoxy groups -OCH3 is 1. The number of aromatic carboxylic acids is 1. The molecule has 0 bridgehead atoms. The summed E-state index contributed by atoms with van der Waals surface area (Å²) in [5.74, 6) is -1.64. The number of carboxylic acids is 1. The summed E-state index contributed by atoms with van der Waals surface area (Å²) in [6.45, 7) is 1.82. The topological polar surface area (TPSA) is 59.4 Å². The summed E-state index contributed by atoms with van der Waals surface area (Å²) in [4.78, 5) is 15.8. The second kappa shape index (κ2) is 5.22. The highest BCUT2D eigenvalue weighted by Crippen LogP contribution is 2.30. The lowest BCUT2D eigenvalue weighted by Gasteiger charge is -2.12. The number of carboxylic acid groups (broad SMARTS) is 1. The van der Waals surface area contributed by atoms with Crippen molar-refractivity contribution in [1.29, 1.82) is 0 Å². The maximum Gasteiger partial charge on any atom is 0.336 e. The van der Waals surface area contributed by atoms with Crippen LogP contribution in [0.1, 0.15) is 21.6 Å². The minimum Gasteiger partial charge on any atom is -0.478 e. The van der Waals surface area contributed by atoms with Crippen LogP contribution in [0.25, 0.3) is 10.9 Å². The van der Waals surface area contributed by atoms with E-state index in [9.17, 15) is 14.3 Å². The molecule has 0 aliphatic heterocycles. The molecule has 2 aromatic rings. The molecule has 0 aliphatic carbocycles. The van der Waals surface area contributed by atoms with Crippen molar-refractivity contribution >= 4 is 32.8 Å². The number of ether oxygens (including phenoxy) is 1. The summed E-state index contributed by atoms with van der Waals surface area (Å²) >= 11 is 3.20. The van der Waals surface area contributed by atoms with Crippen LogP contribution < -0.4 is 0 Å². The van der Waals surface area contributed by atoms with Crippen molar-refractivity contribution in [3.05, 3.63) is 39.2 Å². The number of carbonyl (C=O) groups is 1. The Hall–Kier alpha value is -1.53. The Morgan fingerprint density at radius 2 is 2.21 bits per heavy atom. The first kappa shape index (κ1) is 13.9. The van der Waals surface area contributed by atoms with Crippen LogP contribution in [-0.4, -0.2) is 23.2 Å². The fourth-order valence-corrected chi connectivity index (χ4v) is 2.53. The molecular weight excluding hydrogens is 317 g/mol. The number of halogens is 2. The van der Waals surface area contributed by atoms with Crippen LogP contribution in [0.2, 0.25) is 0 Å². The molecule has 1 N–H and O–H groups in total. The van der Waals surface area contributed by atoms with Crippen molar-refractivity contribution in [3.63, 3.8) is 0 Å². The minimum atomic E-state index is -1.12. The Labute approximate surface area is 117 Å². The van der Waals surface area contributed by atoms with Gasteiger partial charge in [0.1, 0.15) is 5.82 Å². The predicted molar refractivity (Wildman–Crippen MR) is 71.8 cm³/mol. The summed E-state index contributed by atoms with van der Waals surface area (Å²) in [6.07, 6.45) is 0. The monoisotopic (exact) mass is 327 g/mol. The number of pyridine rings is 1. The van der Waals surface area contributed by atoms with Gasteiger partial charge in [-0.1, -0.05) is 0 Å². The summed E-state index contributed by atoms with van der Waals surface area (Å²) in [5.41, 5.74) is 1.47. The maximum atomic E-state index is 13.5. The van der Waals surface area contributed by atoms with Gasteiger partial charge in [-0.25, -0.2) is 9.18 Å². The van der Waals surface area contributed by atoms with E-state index in [1.54, 1.807) is 6.92 Å². The molecule has 0 unspecified atom stereocenters. The maximum absolute atomic E-state index is 13.5. The van der Waals surface area contributed by atoms with E-state index in [0.717, 1.165) is 0 Å². The fourth-order valence-electron chi connectivity index (χ4n) is 2.01. The van der Waals surface area contributed by atoms with Crippen LogP contribution in [-0.2, 0) is 11.3 Å². The average molecular weight is 328 g/mol. The molecule has 0 saturated carbocycles. The molecule has 2 rings (SSSR count). The molecule has 0 fully saturated rings. The number of aromatic nitrogens is 1. The zero-order valence-corrected chi connectivity index (χ0v) is 11.9. The molecule has 0 amide bonds. The van der Waals surface area contributed by atoms with Crippen molar-refractivity contribution in [2.45, 2.75) is 13.5 Å². The van der Waals surface area contributed by atoms with Crippen LogP contribution in [0.4, 0.5) is 4.39 Å². The third kappa shape index (κ3) is 2.46. The Morgan fingerprint density at radius 1 is 1.53 bits per heavy atom. The molecular formula is C13H11BrFNO3. The van der Waals surface area contributed by atoms with Crippen LogP contribution >= 0.6 is 15.9 Å². The summed E-state index contributed by atoms with van der Waals surface area (Å²) in [5, 5.41) is 9.64. The van der Waals surface area contributed by atoms with E-state index in [2.05, 4.69) is 20.9 Å². The zero-order chi connectivity index (χ0) is 14.2. The highest BCUT2D eigenvalue weighted by molar-refractivity contribution is 9.10. The summed E-state index contributed by atoms with van der Waals surface area (Å²) < 4.78 is 18.9. The summed E-state index contributed by atoms with van der Waals surface area (Å²) in [6, 6.07) is 2.44. The first-order valence-electron chi connectivity index (χ1n) is 5.46. The minimum absolute atomic E-state index is 0.0320. The predicted octanol–water partition coefficient (Wildman–Crippen LogP) is 3.29. The number of fused-ring (bicyclic) bond motifs is 1. The van der Waals surface area contributed by atoms with Gasteiger partial charge in [0.05, 0.1) is 17.7 Å². The quantitative estimate of drug-likeness (QED) is 0.939. The smallest absolute Gasteiger partial charge is 0.336 e. The van der Waals surface area contributed by atoms with Crippen molar-refractivity contribution < 1.29 is 19.0 Å². The second-order valence-corrected chi connectivity index (χ2v) is 4.93. The van der Waals surface area contributed by atoms with Gasteiger partial charge in [-0.3, -0.25) is 4.98 Å². The van der Waals surface area contributed by atoms with Gasteiger partial charge in [0.2, 0.25) is 0 Å². The standard InChI is InChI=1S/C13H11BrFNO3/c1-6-9(5-19-2)11(13(17)18)8-3-7(15)4-10(14)12(8)16-6/h3-4H,5H2,1-2H3,(H,17,18). The Morgan fingerprint density at radius 3 is 2.79 bits per heavy atom. The number of hydrogen-bond acceptors (Lipinski definition) is 3. The van der Waals surface area contributed by atoms with E-state index in [0.29, 0.717) is 21.2 Å². The highest BCUT2D eigenvalue weighted by atomic mass is 79.9. The van der Waals surface area contributed by atoms with Crippen molar-refractivity contribution in [2.75, 3.05) is 7.11 Å². The molecule has 4 nitrogen and oxygen atoms in total. The van der Waals surface area contributed by atoms with E-state index < -0.39 is 11.8 Å². The van der Waals surface area contributed by atoms with Crippen molar-refractivity contribution in [2.24, 2.45) is 0 Å². The lowest BCUT2D eigenvalue weighted by atomic mass is 10.0. The van der Waals surface area contributed by atoms with Gasteiger partial charge in [-0.2, -0.15) is 0 Å². The lowest BCUT2D eigenvalue weighted by Crippen LogP contribution is -2.09. The fraction of sp³-hybridized carbons (Fsp3) is 0.231. The van der Waals surface area contributed by atoms with Gasteiger partial charge in [0, 0.05) is 28.2 Å². The van der Waals surface area contributed by atoms with E-state index >= 15 is 0 Å². The number of benzene rings is 1. The third-order valence-corrected chi connectivity index (χ3v) is 3.42. The molecule has 0 atom stereocenters. The lowest BCUT2D eigenvalue weighted by molar-refractivity contribution is 0.0694. The van der Waals surface area contributed by atoms with Gasteiger partial charge in [-0.15, -0.1) is 0 Å². The largest absolute Gasteiger partial charge is 0.478 e. The summed E-state index contributed by atoms with van der Waals surface area (Å²) in [7, 11) is 1.47. The van der Waals surface area contributed by atoms with Gasteiger partial charge in [-0.05, 0) is 35.0 Å². The number of hydrogen-bond donors (Lipinski definition) is 1. The third-order valence-electron chi connectivity index (χ3n) is 2.82. The molecule has 0 aliphatic rings. The van der Waals surface area contributed by atoms with Crippen LogP contribution in [0.3, 0.4) is 0 Å². The molecule has 100 valence electrons. The molecule has 1 heterocycles. The first-order valence-corrected chi connectivity index (χ1v) is 6.25. The highest BCUT2D eigenvalue weighted by Gasteiger charge is 2.20. The van der Waals surface area contributed by atoms with Crippen LogP contribution in [0.5, 0.6) is 0 Å². The number of rotatable bonds is 3. The van der Waals surface area contributed by atoms with Gasteiger partial charge in [0.25, 0.3) is 0 Å². The second-order valence-electron chi connectivity index (χ2n) is 4.07. The molecule has 6 heteroatoms. The van der Waals surface area contributed by atoms with E-state index in [1.807, 2.05) is 0 Å². The van der Waals surface area contributed by atoms with Crippen molar-refractivity contribution in [3.8, 4) is 0 Å². The van der Waals surface area contributed by atoms with E-state index in [-0.39, 0.29) is 17.6 Å². The van der Waals surface area contributed by atoms with Gasteiger partial charge in [0.15, 0.2) is 0 Å². The molecule has 0 saturated heterocycles. The van der Waals surface area contributed by atoms with Crippen LogP contribution in [0, 0.1) is 12.7 Å². The molecule has 1 aromatic heterocycles. The molecule has 0 radical (unpaired) electrons. The van der Waals surface area contributed by atoms with E-state index in [4.69, 9.17) is 4.74 Å². The number of aryl methyl sites for hydroxylation is 1. The normalized spacial score (nSPS) is 10.9. The van der Waals surface area contributed by atoms with Gasteiger partial charge >= 0.3 is 5.97 Å². The van der Waals surface area contributed by atoms with Gasteiger partial charge < -0.3 is 9.84 Å². The van der Waals surface area contributed by atoms with Crippen LogP contribution in [0.15, 0.2) is 16.6 Å². The SMILES string of the molecule is COCc1c(C)nc2c(Br)cc(F)cc2c1C(=O)O. The average Bonchev–Trinajstić information content (AvgIpc) is 2.31. The molecule has 19 heavy (non-hydrogen) atoms. The Balaban J connectivity index is 2.94.